The average molecular weight is 929 g/mol. The number of allylic oxidation sites excluding steroid dienone is 4. The highest BCUT2D eigenvalue weighted by Gasteiger charge is 2.64. The lowest BCUT2D eigenvalue weighted by Gasteiger charge is -2.67. The van der Waals surface area contributed by atoms with E-state index in [1.807, 2.05) is 13.8 Å². The molecule has 0 aliphatic heterocycles. The zero-order chi connectivity index (χ0) is 50.8. The highest BCUT2D eigenvalue weighted by atomic mass is 14.9. The first-order valence-electron chi connectivity index (χ1n) is 29.7. The van der Waals surface area contributed by atoms with Crippen molar-refractivity contribution >= 4 is 0 Å². The molecule has 11 unspecified atom stereocenters. The maximum absolute atomic E-state index is 5.29. The number of unbranched alkanes of at least 4 members (excludes halogenated alkanes) is 8. The Labute approximate surface area is 422 Å². The number of hydrogen-bond acceptors (Lipinski definition) is 1. The zero-order valence-corrected chi connectivity index (χ0v) is 49.1. The Hall–Kier alpha value is -1.24. The quantitative estimate of drug-likeness (QED) is 0.0711. The van der Waals surface area contributed by atoms with E-state index in [1.165, 1.54) is 153 Å². The second kappa shape index (κ2) is 25.4. The van der Waals surface area contributed by atoms with Gasteiger partial charge in [0.05, 0.1) is 0 Å². The number of nitrogens with one attached hydrogen (secondary N) is 1. The molecular weight excluding hydrogens is 807 g/mol. The molecule has 67 heavy (non-hydrogen) atoms. The fourth-order valence-electron chi connectivity index (χ4n) is 16.2. The molecule has 11 atom stereocenters. The van der Waals surface area contributed by atoms with Crippen molar-refractivity contribution in [2.75, 3.05) is 0 Å². The molecule has 0 spiro atoms. The van der Waals surface area contributed by atoms with Crippen molar-refractivity contribution in [2.45, 2.75) is 285 Å². The molecule has 1 heteroatoms. The van der Waals surface area contributed by atoms with Gasteiger partial charge < -0.3 is 5.32 Å². The van der Waals surface area contributed by atoms with Crippen molar-refractivity contribution in [3.63, 3.8) is 0 Å². The summed E-state index contributed by atoms with van der Waals surface area (Å²) in [5.74, 6) is 6.53. The number of rotatable bonds is 25. The van der Waals surface area contributed by atoms with Crippen molar-refractivity contribution in [3.05, 3.63) is 48.7 Å². The van der Waals surface area contributed by atoms with Gasteiger partial charge in [-0.25, -0.2) is 0 Å². The normalized spacial score (nSPS) is 34.2. The third kappa shape index (κ3) is 14.0. The number of fused-ring (bicyclic) bond motifs is 1. The molecule has 4 aliphatic carbocycles. The predicted molar refractivity (Wildman–Crippen MR) is 302 cm³/mol. The topological polar surface area (TPSA) is 12.0 Å². The van der Waals surface area contributed by atoms with Gasteiger partial charge in [-0.05, 0) is 189 Å². The average Bonchev–Trinajstić information content (AvgIpc) is 3.26. The van der Waals surface area contributed by atoms with Crippen LogP contribution >= 0.6 is 0 Å². The molecule has 4 fully saturated rings. The summed E-state index contributed by atoms with van der Waals surface area (Å²) in [6, 6.07) is 0.490. The van der Waals surface area contributed by atoms with Crippen LogP contribution in [-0.2, 0) is 0 Å². The van der Waals surface area contributed by atoms with Crippen LogP contribution in [0.4, 0.5) is 0 Å². The van der Waals surface area contributed by atoms with Crippen LogP contribution in [0.15, 0.2) is 48.7 Å². The first kappa shape index (κ1) is 60.1. The van der Waals surface area contributed by atoms with Crippen LogP contribution in [-0.4, -0.2) is 6.04 Å². The molecule has 0 aromatic heterocycles. The summed E-state index contributed by atoms with van der Waals surface area (Å²) < 4.78 is 0. The summed E-state index contributed by atoms with van der Waals surface area (Å²) in [7, 11) is 0. The van der Waals surface area contributed by atoms with Crippen molar-refractivity contribution in [2.24, 2.45) is 85.8 Å². The lowest BCUT2D eigenvalue weighted by molar-refractivity contribution is -0.138. The summed E-state index contributed by atoms with van der Waals surface area (Å²) in [6.07, 6.45) is 31.6. The standard InChI is InChI=1S/C64H115N.C2H6/c1-21-23-24-25-26-27-28-29-30-31-50(9)65-57(41-46(5)40-54-42-47(6)51(10)48(7)43-54)55(22-2)33-32-49(8)64-38-36-59(13,14)44-56(64)52(11)62(19,37-39-64)63(20)35-34-58(60(15,16)45(3)4)61(17,18)53(63)12;1-2/h46-48,51,53-58,65H,3,8-9,11,21-44H2,1-2,4-7,10,12-20H3;1-2H3. The SMILES string of the molecule is C=C(CCCCCCCCCCC)NC(CC(C)CC1CC(C)C(C)C(C)C1)C(CC)CCC(=C)C12CCC(C)(C)CC1C(=C)C(C)(C1(C)CCC(C(C)(C)C(=C)C)C(C)(C)C1C)CC2.CC. The van der Waals surface area contributed by atoms with E-state index in [-0.39, 0.29) is 27.1 Å². The minimum atomic E-state index is 0.113. The molecule has 4 rings (SSSR count). The van der Waals surface area contributed by atoms with Gasteiger partial charge in [-0.2, -0.15) is 0 Å². The van der Waals surface area contributed by atoms with E-state index in [1.54, 1.807) is 11.1 Å². The van der Waals surface area contributed by atoms with E-state index in [2.05, 4.69) is 123 Å². The fraction of sp³-hybridized carbons (Fsp3) is 0.879. The van der Waals surface area contributed by atoms with Gasteiger partial charge in [0, 0.05) is 11.7 Å². The van der Waals surface area contributed by atoms with Crippen LogP contribution in [0.3, 0.4) is 0 Å². The second-order valence-electron chi connectivity index (χ2n) is 27.5. The summed E-state index contributed by atoms with van der Waals surface area (Å²) >= 11 is 0. The summed E-state index contributed by atoms with van der Waals surface area (Å²) in [4.78, 5) is 0. The zero-order valence-electron chi connectivity index (χ0n) is 49.1. The molecular formula is C66H121N. The molecule has 0 aromatic rings. The van der Waals surface area contributed by atoms with Crippen molar-refractivity contribution < 1.29 is 0 Å². The first-order chi connectivity index (χ1) is 31.2. The van der Waals surface area contributed by atoms with Gasteiger partial charge in [-0.15, -0.1) is 0 Å². The van der Waals surface area contributed by atoms with E-state index < -0.39 is 0 Å². The molecule has 0 bridgehead atoms. The van der Waals surface area contributed by atoms with Gasteiger partial charge in [0.2, 0.25) is 0 Å². The van der Waals surface area contributed by atoms with E-state index in [4.69, 9.17) is 19.7 Å². The van der Waals surface area contributed by atoms with Gasteiger partial charge in [0.25, 0.3) is 0 Å². The molecule has 390 valence electrons. The van der Waals surface area contributed by atoms with Gasteiger partial charge in [0.15, 0.2) is 0 Å². The molecule has 4 saturated carbocycles. The third-order valence-electron chi connectivity index (χ3n) is 22.2. The third-order valence-corrected chi connectivity index (χ3v) is 22.2. The Morgan fingerprint density at radius 3 is 1.87 bits per heavy atom. The molecule has 1 nitrogen and oxygen atoms in total. The van der Waals surface area contributed by atoms with Crippen molar-refractivity contribution in [1.29, 1.82) is 0 Å². The van der Waals surface area contributed by atoms with Crippen LogP contribution in [0.2, 0.25) is 0 Å². The molecule has 0 aromatic carbocycles. The minimum absolute atomic E-state index is 0.113. The van der Waals surface area contributed by atoms with Crippen molar-refractivity contribution in [1.82, 2.24) is 5.32 Å². The molecule has 0 radical (unpaired) electrons. The second-order valence-corrected chi connectivity index (χ2v) is 27.5. The van der Waals surface area contributed by atoms with Crippen LogP contribution in [0, 0.1) is 85.8 Å². The maximum atomic E-state index is 5.29. The Bertz CT molecular complexity index is 1540. The Balaban J connectivity index is 0.00000587. The smallest absolute Gasteiger partial charge is 0.0288 e. The lowest BCUT2D eigenvalue weighted by Crippen LogP contribution is -2.59. The first-order valence-corrected chi connectivity index (χ1v) is 29.7. The van der Waals surface area contributed by atoms with Crippen LogP contribution < -0.4 is 5.32 Å². The van der Waals surface area contributed by atoms with Gasteiger partial charge >= 0.3 is 0 Å². The molecule has 4 aliphatic rings. The van der Waals surface area contributed by atoms with E-state index in [0.29, 0.717) is 35.1 Å². The highest BCUT2D eigenvalue weighted by Crippen LogP contribution is 2.73. The van der Waals surface area contributed by atoms with Crippen LogP contribution in [0.1, 0.15) is 279 Å². The maximum Gasteiger partial charge on any atom is 0.0288 e. The predicted octanol–water partition coefficient (Wildman–Crippen LogP) is 21.4. The summed E-state index contributed by atoms with van der Waals surface area (Å²) in [5, 5.41) is 4.20. The molecule has 0 amide bonds. The molecule has 1 N–H and O–H groups in total. The van der Waals surface area contributed by atoms with Crippen molar-refractivity contribution in [3.8, 4) is 0 Å². The Morgan fingerprint density at radius 2 is 1.31 bits per heavy atom. The molecule has 0 heterocycles. The highest BCUT2D eigenvalue weighted by molar-refractivity contribution is 5.33. The van der Waals surface area contributed by atoms with Crippen LogP contribution in [0.25, 0.3) is 0 Å². The minimum Gasteiger partial charge on any atom is -0.386 e. The lowest BCUT2D eigenvalue weighted by atomic mass is 9.37. The molecule has 0 saturated heterocycles. The van der Waals surface area contributed by atoms with Gasteiger partial charge in [-0.3, -0.25) is 0 Å². The Kier molecular flexibility index (Phi) is 22.8. The van der Waals surface area contributed by atoms with E-state index >= 15 is 0 Å². The number of hydrogen-bond donors (Lipinski definition) is 1. The summed E-state index contributed by atoms with van der Waals surface area (Å²) in [5.41, 5.74) is 6.99. The van der Waals surface area contributed by atoms with Crippen LogP contribution in [0.5, 0.6) is 0 Å². The van der Waals surface area contributed by atoms with Gasteiger partial charge in [0.1, 0.15) is 0 Å². The largest absolute Gasteiger partial charge is 0.386 e. The van der Waals surface area contributed by atoms with Gasteiger partial charge in [-0.1, -0.05) is 219 Å². The fourth-order valence-corrected chi connectivity index (χ4v) is 16.2. The summed E-state index contributed by atoms with van der Waals surface area (Å²) in [6.45, 7) is 64.2. The monoisotopic (exact) mass is 928 g/mol. The van der Waals surface area contributed by atoms with E-state index in [9.17, 15) is 0 Å². The van der Waals surface area contributed by atoms with E-state index in [0.717, 1.165) is 42.4 Å². The Morgan fingerprint density at radius 1 is 0.761 bits per heavy atom.